The van der Waals surface area contributed by atoms with Crippen molar-refractivity contribution in [3.05, 3.63) is 143 Å². The molecule has 0 saturated heterocycles. The normalized spacial score (nSPS) is 17.8. The third-order valence-corrected chi connectivity index (χ3v) is 8.80. The first kappa shape index (κ1) is 35.2. The van der Waals surface area contributed by atoms with E-state index >= 15 is 0 Å². The van der Waals surface area contributed by atoms with Gasteiger partial charge in [-0.1, -0.05) is 95.1 Å². The Morgan fingerprint density at radius 2 is 0.909 bits per heavy atom. The minimum Gasteiger partial charge on any atom is -1.00 e. The third kappa shape index (κ3) is 9.85. The van der Waals surface area contributed by atoms with E-state index in [4.69, 9.17) is 11.5 Å². The van der Waals surface area contributed by atoms with E-state index in [9.17, 15) is 8.78 Å². The molecule has 0 aromatic heterocycles. The average Bonchev–Trinajstić information content (AvgIpc) is 3.59. The zero-order valence-electron chi connectivity index (χ0n) is 23.4. The summed E-state index contributed by atoms with van der Waals surface area (Å²) in [6.45, 7) is 1.47. The molecule has 0 fully saturated rings. The van der Waals surface area contributed by atoms with Crippen molar-refractivity contribution in [2.24, 2.45) is 21.7 Å². The van der Waals surface area contributed by atoms with Gasteiger partial charge < -0.3 is 34.0 Å². The Kier molecular flexibility index (Phi) is 13.8. The SMILES string of the molecule is NC1=[N+](/N=C/c2ccc(F)cc2)C[C@@H](c2ccccc2)S1.NC1=[N+](/N=C/c2ccc(F)cc2)C[C@H](c2ccccc2)S1.[Br-].[Br-]. The predicted molar refractivity (Wildman–Crippen MR) is 170 cm³/mol. The topological polar surface area (TPSA) is 82.8 Å². The number of nitrogens with zero attached hydrogens (tertiary/aromatic N) is 4. The lowest BCUT2D eigenvalue weighted by Gasteiger charge is -2.04. The van der Waals surface area contributed by atoms with E-state index in [0.29, 0.717) is 10.3 Å². The van der Waals surface area contributed by atoms with E-state index in [2.05, 4.69) is 34.5 Å². The zero-order chi connectivity index (χ0) is 29.3. The van der Waals surface area contributed by atoms with Gasteiger partial charge in [-0.2, -0.15) is 0 Å². The fourth-order valence-corrected chi connectivity index (χ4v) is 6.33. The lowest BCUT2D eigenvalue weighted by molar-refractivity contribution is -0.527. The van der Waals surface area contributed by atoms with Crippen molar-refractivity contribution in [2.45, 2.75) is 10.5 Å². The second-order valence-corrected chi connectivity index (χ2v) is 11.9. The van der Waals surface area contributed by atoms with Crippen LogP contribution in [0.1, 0.15) is 32.8 Å². The summed E-state index contributed by atoms with van der Waals surface area (Å²) >= 11 is 3.22. The highest BCUT2D eigenvalue weighted by Gasteiger charge is 2.30. The standard InChI is InChI=1S/2C16H14FN3S.2BrH/c2*17-14-8-6-12(7-9-14)10-19-20-11-15(21-16(20)18)13-4-2-1-3-5-13;;/h2*1-10,15,18H,11H2;2*1H/b2*19-10+;;/t2*15-;;/m10../s1. The Labute approximate surface area is 285 Å². The molecule has 0 amide bonds. The van der Waals surface area contributed by atoms with Crippen molar-refractivity contribution < 1.29 is 52.1 Å². The maximum absolute atomic E-state index is 12.8. The van der Waals surface area contributed by atoms with Crippen molar-refractivity contribution in [3.8, 4) is 0 Å². The molecular formula is C32H30Br2F2N6S2. The average molecular weight is 761 g/mol. The fraction of sp³-hybridized carbons (Fsp3) is 0.125. The van der Waals surface area contributed by atoms with Crippen molar-refractivity contribution in [3.63, 3.8) is 0 Å². The number of rotatable bonds is 6. The molecule has 2 aliphatic heterocycles. The molecule has 0 radical (unpaired) electrons. The smallest absolute Gasteiger partial charge is 0.330 e. The highest BCUT2D eigenvalue weighted by molar-refractivity contribution is 8.14. The molecule has 4 aromatic rings. The summed E-state index contributed by atoms with van der Waals surface area (Å²) < 4.78 is 29.3. The third-order valence-electron chi connectivity index (χ3n) is 6.49. The number of thioether (sulfide) groups is 2. The van der Waals surface area contributed by atoms with Crippen LogP contribution in [0.3, 0.4) is 0 Å². The monoisotopic (exact) mass is 758 g/mol. The molecule has 0 saturated carbocycles. The van der Waals surface area contributed by atoms with Gasteiger partial charge in [0.1, 0.15) is 24.7 Å². The summed E-state index contributed by atoms with van der Waals surface area (Å²) in [6, 6.07) is 32.9. The van der Waals surface area contributed by atoms with Crippen LogP contribution in [0.25, 0.3) is 0 Å². The molecule has 228 valence electrons. The Morgan fingerprint density at radius 3 is 1.25 bits per heavy atom. The van der Waals surface area contributed by atoms with Gasteiger partial charge in [0, 0.05) is 0 Å². The van der Waals surface area contributed by atoms with Gasteiger partial charge in [-0.25, -0.2) is 8.78 Å². The molecule has 0 aliphatic carbocycles. The Balaban J connectivity index is 0.000000230. The Bertz CT molecular complexity index is 1500. The van der Waals surface area contributed by atoms with Gasteiger partial charge in [0.05, 0.1) is 22.9 Å². The summed E-state index contributed by atoms with van der Waals surface area (Å²) in [7, 11) is 0. The summed E-state index contributed by atoms with van der Waals surface area (Å²) in [6.07, 6.45) is 3.39. The first-order valence-corrected chi connectivity index (χ1v) is 15.0. The highest BCUT2D eigenvalue weighted by Crippen LogP contribution is 2.34. The number of hydrazone groups is 2. The summed E-state index contributed by atoms with van der Waals surface area (Å²) in [5, 5.41) is 10.7. The number of hydrogen-bond donors (Lipinski definition) is 2. The van der Waals surface area contributed by atoms with Crippen molar-refractivity contribution >= 4 is 46.3 Å². The van der Waals surface area contributed by atoms with Crippen LogP contribution in [0, 0.1) is 11.6 Å². The van der Waals surface area contributed by atoms with Crippen LogP contribution in [0.2, 0.25) is 0 Å². The molecule has 2 atom stereocenters. The largest absolute Gasteiger partial charge is 1.00 e. The van der Waals surface area contributed by atoms with Crippen molar-refractivity contribution in [2.75, 3.05) is 13.1 Å². The molecule has 6 nitrogen and oxygen atoms in total. The van der Waals surface area contributed by atoms with Gasteiger partial charge in [0.25, 0.3) is 0 Å². The molecule has 4 N–H and O–H groups in total. The minimum absolute atomic E-state index is 0. The van der Waals surface area contributed by atoms with Crippen LogP contribution in [0.4, 0.5) is 8.78 Å². The number of amidine groups is 2. The summed E-state index contributed by atoms with van der Waals surface area (Å²) in [5.41, 5.74) is 16.2. The maximum atomic E-state index is 12.8. The van der Waals surface area contributed by atoms with E-state index in [1.165, 1.54) is 35.4 Å². The lowest BCUT2D eigenvalue weighted by Crippen LogP contribution is -3.00. The zero-order valence-corrected chi connectivity index (χ0v) is 28.2. The van der Waals surface area contributed by atoms with Crippen LogP contribution < -0.4 is 45.4 Å². The quantitative estimate of drug-likeness (QED) is 0.214. The molecule has 44 heavy (non-hydrogen) atoms. The lowest BCUT2D eigenvalue weighted by atomic mass is 10.1. The molecule has 0 bridgehead atoms. The van der Waals surface area contributed by atoms with E-state index in [1.807, 2.05) is 36.4 Å². The minimum atomic E-state index is -0.251. The highest BCUT2D eigenvalue weighted by atomic mass is 79.9. The Morgan fingerprint density at radius 1 is 0.568 bits per heavy atom. The first-order chi connectivity index (χ1) is 20.4. The van der Waals surface area contributed by atoms with Gasteiger partial charge >= 0.3 is 10.3 Å². The number of hydrogen-bond acceptors (Lipinski definition) is 6. The Hall–Kier alpha value is -3.32. The molecule has 0 unspecified atom stereocenters. The molecule has 2 aliphatic rings. The number of benzene rings is 4. The van der Waals surface area contributed by atoms with E-state index in [0.717, 1.165) is 24.2 Å². The van der Waals surface area contributed by atoms with Crippen molar-refractivity contribution in [1.29, 1.82) is 0 Å². The number of nitrogens with two attached hydrogens (primary N) is 2. The van der Waals surface area contributed by atoms with Gasteiger partial charge in [0.2, 0.25) is 0 Å². The van der Waals surface area contributed by atoms with Gasteiger partial charge in [-0.3, -0.25) is 11.5 Å². The first-order valence-electron chi connectivity index (χ1n) is 13.3. The van der Waals surface area contributed by atoms with E-state index in [1.54, 1.807) is 69.6 Å². The molecule has 6 rings (SSSR count). The van der Waals surface area contributed by atoms with Crippen LogP contribution in [0.15, 0.2) is 119 Å². The summed E-state index contributed by atoms with van der Waals surface area (Å²) in [4.78, 5) is 0. The van der Waals surface area contributed by atoms with Gasteiger partial charge in [-0.05, 0) is 70.0 Å². The maximum Gasteiger partial charge on any atom is 0.330 e. The van der Waals surface area contributed by atoms with Crippen LogP contribution in [-0.4, -0.2) is 45.2 Å². The van der Waals surface area contributed by atoms with Crippen LogP contribution in [0.5, 0.6) is 0 Å². The van der Waals surface area contributed by atoms with E-state index < -0.39 is 0 Å². The van der Waals surface area contributed by atoms with Crippen LogP contribution in [-0.2, 0) is 0 Å². The van der Waals surface area contributed by atoms with Crippen molar-refractivity contribution in [1.82, 2.24) is 0 Å². The molecular weight excluding hydrogens is 730 g/mol. The molecule has 4 aromatic carbocycles. The molecule has 12 heteroatoms. The van der Waals surface area contributed by atoms with Gasteiger partial charge in [-0.15, -0.1) is 9.37 Å². The molecule has 2 heterocycles. The number of halogens is 4. The summed E-state index contributed by atoms with van der Waals surface area (Å²) in [5.74, 6) is -0.502. The molecule has 0 spiro atoms. The predicted octanol–water partition coefficient (Wildman–Crippen LogP) is -0.0422. The van der Waals surface area contributed by atoms with E-state index in [-0.39, 0.29) is 56.1 Å². The second-order valence-electron chi connectivity index (χ2n) is 9.47. The second kappa shape index (κ2) is 17.2. The fourth-order valence-electron chi connectivity index (χ4n) is 4.24. The van der Waals surface area contributed by atoms with Gasteiger partial charge in [0.15, 0.2) is 0 Å². The van der Waals surface area contributed by atoms with Crippen LogP contribution >= 0.6 is 23.5 Å².